The number of carbonyl (C=O) groups excluding carboxylic acids is 4. The number of aliphatic hydroxyl groups excluding tert-OH is 1. The van der Waals surface area contributed by atoms with Gasteiger partial charge in [-0.1, -0.05) is 402 Å². The molecule has 0 rings (SSSR count). The average Bonchev–Trinajstić information content (AvgIpc) is 0.907. The Kier molecular flexibility index (Phi) is 74.7. The summed E-state index contributed by atoms with van der Waals surface area (Å²) in [4.78, 5) is 73.2. The van der Waals surface area contributed by atoms with Crippen LogP contribution in [0.15, 0.2) is 0 Å². The average molecular weight is 1540 g/mol. The Morgan fingerprint density at radius 1 is 0.276 bits per heavy atom. The van der Waals surface area contributed by atoms with Crippen molar-refractivity contribution in [2.75, 3.05) is 39.6 Å². The minimum absolute atomic E-state index is 0.107. The Labute approximate surface area is 645 Å². The van der Waals surface area contributed by atoms with Crippen LogP contribution in [-0.2, 0) is 65.4 Å². The monoisotopic (exact) mass is 1540 g/mol. The highest BCUT2D eigenvalue weighted by Gasteiger charge is 2.30. The zero-order valence-electron chi connectivity index (χ0n) is 69.2. The van der Waals surface area contributed by atoms with E-state index in [2.05, 4.69) is 48.5 Å². The van der Waals surface area contributed by atoms with Crippen molar-refractivity contribution in [3.63, 3.8) is 0 Å². The molecule has 0 aliphatic carbocycles. The molecule has 0 aromatic heterocycles. The van der Waals surface area contributed by atoms with Gasteiger partial charge in [-0.3, -0.25) is 37.3 Å². The third-order valence-electron chi connectivity index (χ3n) is 20.5. The van der Waals surface area contributed by atoms with Crippen LogP contribution in [0.1, 0.15) is 453 Å². The SMILES string of the molecule is CCCCCCCCCCCCCCCCC(=O)O[C@H](COC(=O)CCCCCCCCCC(C)C)COP(=O)(O)OC[C@H](O)COP(=O)(O)OC[C@@H](COC(=O)CCCCCCCCCCCCCCCCCCC(C)C)OC(=O)CCCCCCCCCCCCCCCCCCCCC(C)CC. The molecule has 6 atom stereocenters. The topological polar surface area (TPSA) is 237 Å². The lowest BCUT2D eigenvalue weighted by atomic mass is 9.99. The Morgan fingerprint density at radius 2 is 0.486 bits per heavy atom. The van der Waals surface area contributed by atoms with Crippen LogP contribution < -0.4 is 0 Å². The molecule has 105 heavy (non-hydrogen) atoms. The zero-order valence-corrected chi connectivity index (χ0v) is 71.0. The van der Waals surface area contributed by atoms with E-state index >= 15 is 0 Å². The van der Waals surface area contributed by atoms with Gasteiger partial charge in [0, 0.05) is 25.7 Å². The lowest BCUT2D eigenvalue weighted by molar-refractivity contribution is -0.161. The first-order valence-electron chi connectivity index (χ1n) is 44.4. The van der Waals surface area contributed by atoms with Gasteiger partial charge in [0.15, 0.2) is 12.2 Å². The molecule has 0 aromatic rings. The number of aliphatic hydroxyl groups is 1. The molecular formula is C86H168O17P2. The Hall–Kier alpha value is -1.94. The number of ether oxygens (including phenoxy) is 4. The van der Waals surface area contributed by atoms with Crippen LogP contribution in [0.4, 0.5) is 0 Å². The van der Waals surface area contributed by atoms with E-state index in [1.807, 2.05) is 0 Å². The molecular weight excluding hydrogens is 1370 g/mol. The number of hydrogen-bond acceptors (Lipinski definition) is 15. The van der Waals surface area contributed by atoms with Crippen LogP contribution >= 0.6 is 15.6 Å². The highest BCUT2D eigenvalue weighted by molar-refractivity contribution is 7.47. The van der Waals surface area contributed by atoms with Crippen LogP contribution in [0.25, 0.3) is 0 Å². The zero-order chi connectivity index (χ0) is 77.2. The Bertz CT molecular complexity index is 2030. The summed E-state index contributed by atoms with van der Waals surface area (Å²) >= 11 is 0. The first-order chi connectivity index (χ1) is 50.8. The summed E-state index contributed by atoms with van der Waals surface area (Å²) in [5.41, 5.74) is 0. The second kappa shape index (κ2) is 76.1. The maximum Gasteiger partial charge on any atom is 0.472 e. The predicted molar refractivity (Wildman–Crippen MR) is 432 cm³/mol. The summed E-state index contributed by atoms with van der Waals surface area (Å²) < 4.78 is 68.9. The summed E-state index contributed by atoms with van der Waals surface area (Å²) in [6.07, 6.45) is 66.7. The maximum absolute atomic E-state index is 13.1. The molecule has 3 N–H and O–H groups in total. The third-order valence-corrected chi connectivity index (χ3v) is 22.4. The maximum atomic E-state index is 13.1. The van der Waals surface area contributed by atoms with Gasteiger partial charge in [0.2, 0.25) is 0 Å². The van der Waals surface area contributed by atoms with Gasteiger partial charge in [0.25, 0.3) is 0 Å². The minimum atomic E-state index is -4.97. The standard InChI is InChI=1S/C86H168O17P2/c1-8-10-11-12-13-14-15-16-29-35-40-47-55-62-69-86(91)103-82(74-97-84(89)68-61-54-49-42-44-51-58-65-78(5)6)76-101-105(94,95)99-72-80(87)71-98-104(92,93)100-75-81(73-96-83(88)67-60-53-46-39-34-30-25-22-21-23-27-32-37-43-50-57-64-77(3)4)102-85(90)70-63-56-48-41-36-31-26-20-18-17-19-24-28-33-38-45-52-59-66-79(7)9-2/h77-82,87H,8-76H2,1-7H3,(H,92,93)(H,94,95)/t79?,80-,81-,82-/m1/s1. The molecule has 0 aliphatic heterocycles. The fourth-order valence-corrected chi connectivity index (χ4v) is 14.9. The van der Waals surface area contributed by atoms with Crippen LogP contribution in [0, 0.1) is 17.8 Å². The molecule has 0 amide bonds. The van der Waals surface area contributed by atoms with Crippen molar-refractivity contribution in [3.8, 4) is 0 Å². The van der Waals surface area contributed by atoms with Gasteiger partial charge < -0.3 is 33.8 Å². The molecule has 3 unspecified atom stereocenters. The summed E-state index contributed by atoms with van der Waals surface area (Å²) in [6.45, 7) is 12.0. The summed E-state index contributed by atoms with van der Waals surface area (Å²) in [6, 6.07) is 0. The van der Waals surface area contributed by atoms with Gasteiger partial charge in [-0.2, -0.15) is 0 Å². The van der Waals surface area contributed by atoms with E-state index < -0.39 is 97.5 Å². The minimum Gasteiger partial charge on any atom is -0.462 e. The lowest BCUT2D eigenvalue weighted by Gasteiger charge is -2.21. The molecule has 0 radical (unpaired) electrons. The molecule has 624 valence electrons. The van der Waals surface area contributed by atoms with Crippen LogP contribution in [0.2, 0.25) is 0 Å². The molecule has 19 heteroatoms. The van der Waals surface area contributed by atoms with E-state index in [9.17, 15) is 43.2 Å². The van der Waals surface area contributed by atoms with Crippen LogP contribution in [0.3, 0.4) is 0 Å². The Balaban J connectivity index is 5.22. The first-order valence-corrected chi connectivity index (χ1v) is 47.4. The van der Waals surface area contributed by atoms with E-state index in [-0.39, 0.29) is 25.7 Å². The van der Waals surface area contributed by atoms with E-state index in [1.54, 1.807) is 0 Å². The third kappa shape index (κ3) is 78.5. The van der Waals surface area contributed by atoms with Gasteiger partial charge >= 0.3 is 39.5 Å². The number of unbranched alkanes of at least 4 members (excludes halogenated alkanes) is 51. The quantitative estimate of drug-likeness (QED) is 0.0222. The van der Waals surface area contributed by atoms with Gasteiger partial charge in [-0.15, -0.1) is 0 Å². The van der Waals surface area contributed by atoms with Crippen LogP contribution in [0.5, 0.6) is 0 Å². The number of esters is 4. The highest BCUT2D eigenvalue weighted by atomic mass is 31.2. The second-order valence-corrected chi connectivity index (χ2v) is 35.0. The number of phosphoric ester groups is 2. The number of phosphoric acid groups is 2. The van der Waals surface area contributed by atoms with Crippen molar-refractivity contribution in [3.05, 3.63) is 0 Å². The van der Waals surface area contributed by atoms with Gasteiger partial charge in [0.1, 0.15) is 19.3 Å². The summed E-state index contributed by atoms with van der Waals surface area (Å²) in [7, 11) is -9.93. The van der Waals surface area contributed by atoms with Crippen molar-refractivity contribution in [1.82, 2.24) is 0 Å². The summed E-state index contributed by atoms with van der Waals surface area (Å²) in [5, 5.41) is 10.7. The van der Waals surface area contributed by atoms with Gasteiger partial charge in [0.05, 0.1) is 26.4 Å². The van der Waals surface area contributed by atoms with Gasteiger partial charge in [-0.05, 0) is 43.4 Å². The van der Waals surface area contributed by atoms with Crippen molar-refractivity contribution >= 4 is 39.5 Å². The molecule has 0 fully saturated rings. The van der Waals surface area contributed by atoms with E-state index in [0.29, 0.717) is 31.6 Å². The normalized spacial score (nSPS) is 14.1. The molecule has 0 spiro atoms. The van der Waals surface area contributed by atoms with Gasteiger partial charge in [-0.25, -0.2) is 9.13 Å². The van der Waals surface area contributed by atoms with Crippen molar-refractivity contribution in [2.45, 2.75) is 471 Å². The fourth-order valence-electron chi connectivity index (χ4n) is 13.3. The lowest BCUT2D eigenvalue weighted by Crippen LogP contribution is -2.30. The molecule has 0 bridgehead atoms. The van der Waals surface area contributed by atoms with Crippen LogP contribution in [-0.4, -0.2) is 96.7 Å². The largest absolute Gasteiger partial charge is 0.472 e. The highest BCUT2D eigenvalue weighted by Crippen LogP contribution is 2.45. The van der Waals surface area contributed by atoms with Crippen molar-refractivity contribution in [2.24, 2.45) is 17.8 Å². The number of rotatable bonds is 84. The molecule has 0 aromatic carbocycles. The van der Waals surface area contributed by atoms with E-state index in [0.717, 1.165) is 108 Å². The molecule has 17 nitrogen and oxygen atoms in total. The number of carbonyl (C=O) groups is 4. The predicted octanol–water partition coefficient (Wildman–Crippen LogP) is 26.1. The smallest absolute Gasteiger partial charge is 0.462 e. The first kappa shape index (κ1) is 103. The second-order valence-electron chi connectivity index (χ2n) is 32.1. The summed E-state index contributed by atoms with van der Waals surface area (Å²) in [5.74, 6) is 0.284. The molecule has 0 saturated carbocycles. The molecule has 0 heterocycles. The molecule has 0 saturated heterocycles. The fraction of sp³-hybridized carbons (Fsp3) is 0.953. The number of hydrogen-bond donors (Lipinski definition) is 3. The van der Waals surface area contributed by atoms with Crippen molar-refractivity contribution < 1.29 is 80.2 Å². The molecule has 0 aliphatic rings. The Morgan fingerprint density at radius 3 is 0.724 bits per heavy atom. The van der Waals surface area contributed by atoms with E-state index in [4.69, 9.17) is 37.0 Å². The van der Waals surface area contributed by atoms with E-state index in [1.165, 1.54) is 257 Å². The van der Waals surface area contributed by atoms with Crippen molar-refractivity contribution in [1.29, 1.82) is 0 Å².